The minimum Gasteiger partial charge on any atom is -0.370 e. The van der Waals surface area contributed by atoms with Gasteiger partial charge in [-0.05, 0) is 44.5 Å². The second-order valence-corrected chi connectivity index (χ2v) is 5.20. The van der Waals surface area contributed by atoms with Gasteiger partial charge < -0.3 is 15.5 Å². The number of pyridine rings is 1. The van der Waals surface area contributed by atoms with Gasteiger partial charge >= 0.3 is 0 Å². The zero-order valence-electron chi connectivity index (χ0n) is 12.4. The van der Waals surface area contributed by atoms with Crippen LogP contribution in [0.2, 0.25) is 0 Å². The lowest BCUT2D eigenvalue weighted by Gasteiger charge is -2.13. The van der Waals surface area contributed by atoms with Crippen LogP contribution in [0.3, 0.4) is 0 Å². The van der Waals surface area contributed by atoms with Crippen LogP contribution in [0.5, 0.6) is 0 Å². The first-order chi connectivity index (χ1) is 9.72. The molecule has 1 unspecified atom stereocenters. The van der Waals surface area contributed by atoms with Crippen molar-refractivity contribution in [2.24, 2.45) is 5.92 Å². The van der Waals surface area contributed by atoms with Gasteiger partial charge in [0.2, 0.25) is 0 Å². The molecule has 2 N–H and O–H groups in total. The number of rotatable bonds is 6. The SMILES string of the molecule is CCNc1cccc(C(=O)NCC2CCN(CC)C2)n1. The normalized spacial score (nSPS) is 19.0. The van der Waals surface area contributed by atoms with Crippen LogP contribution in [-0.2, 0) is 0 Å². The number of nitrogens with zero attached hydrogens (tertiary/aromatic N) is 2. The molecule has 0 bridgehead atoms. The predicted octanol–water partition coefficient (Wildman–Crippen LogP) is 1.58. The molecule has 0 spiro atoms. The highest BCUT2D eigenvalue weighted by atomic mass is 16.1. The number of hydrogen-bond donors (Lipinski definition) is 2. The summed E-state index contributed by atoms with van der Waals surface area (Å²) in [7, 11) is 0. The number of aromatic nitrogens is 1. The van der Waals surface area contributed by atoms with Gasteiger partial charge in [-0.2, -0.15) is 0 Å². The van der Waals surface area contributed by atoms with Gasteiger partial charge in [0.1, 0.15) is 11.5 Å². The van der Waals surface area contributed by atoms with Gasteiger partial charge in [-0.1, -0.05) is 13.0 Å². The number of carbonyl (C=O) groups is 1. The molecule has 1 fully saturated rings. The standard InChI is InChI=1S/C15H24N4O/c1-3-16-14-7-5-6-13(18-14)15(20)17-10-12-8-9-19(4-2)11-12/h5-7,12H,3-4,8-11H2,1-2H3,(H,16,18)(H,17,20). The Balaban J connectivity index is 1.84. The summed E-state index contributed by atoms with van der Waals surface area (Å²) in [6, 6.07) is 5.48. The van der Waals surface area contributed by atoms with E-state index in [1.54, 1.807) is 6.07 Å². The fraction of sp³-hybridized carbons (Fsp3) is 0.600. The first-order valence-electron chi connectivity index (χ1n) is 7.44. The summed E-state index contributed by atoms with van der Waals surface area (Å²) in [5.41, 5.74) is 0.480. The van der Waals surface area contributed by atoms with Crippen molar-refractivity contribution in [1.82, 2.24) is 15.2 Å². The fourth-order valence-corrected chi connectivity index (χ4v) is 2.54. The van der Waals surface area contributed by atoms with Gasteiger partial charge in [0.15, 0.2) is 0 Å². The average Bonchev–Trinajstić information content (AvgIpc) is 2.93. The summed E-state index contributed by atoms with van der Waals surface area (Å²) < 4.78 is 0. The molecule has 1 aliphatic rings. The molecule has 110 valence electrons. The number of hydrogen-bond acceptors (Lipinski definition) is 4. The van der Waals surface area contributed by atoms with Gasteiger partial charge in [0.25, 0.3) is 5.91 Å². The van der Waals surface area contributed by atoms with Gasteiger partial charge in [0.05, 0.1) is 0 Å². The minimum atomic E-state index is -0.0836. The molecule has 1 atom stereocenters. The van der Waals surface area contributed by atoms with E-state index in [1.165, 1.54) is 6.42 Å². The van der Waals surface area contributed by atoms with Crippen molar-refractivity contribution < 1.29 is 4.79 Å². The van der Waals surface area contributed by atoms with E-state index < -0.39 is 0 Å². The molecule has 1 saturated heterocycles. The van der Waals surface area contributed by atoms with Crippen molar-refractivity contribution in [2.75, 3.05) is 38.0 Å². The van der Waals surface area contributed by atoms with Crippen molar-refractivity contribution in [1.29, 1.82) is 0 Å². The molecule has 5 heteroatoms. The second kappa shape index (κ2) is 7.24. The van der Waals surface area contributed by atoms with E-state index in [1.807, 2.05) is 19.1 Å². The fourth-order valence-electron chi connectivity index (χ4n) is 2.54. The second-order valence-electron chi connectivity index (χ2n) is 5.20. The third-order valence-corrected chi connectivity index (χ3v) is 3.71. The van der Waals surface area contributed by atoms with Crippen LogP contribution >= 0.6 is 0 Å². The maximum atomic E-state index is 12.1. The van der Waals surface area contributed by atoms with Crippen LogP contribution in [0.25, 0.3) is 0 Å². The average molecular weight is 276 g/mol. The Labute approximate surface area is 120 Å². The quantitative estimate of drug-likeness (QED) is 0.828. The van der Waals surface area contributed by atoms with Crippen LogP contribution in [0, 0.1) is 5.92 Å². The van der Waals surface area contributed by atoms with Crippen LogP contribution in [-0.4, -0.2) is 48.5 Å². The highest BCUT2D eigenvalue weighted by Gasteiger charge is 2.21. The summed E-state index contributed by atoms with van der Waals surface area (Å²) >= 11 is 0. The predicted molar refractivity (Wildman–Crippen MR) is 81.0 cm³/mol. The largest absolute Gasteiger partial charge is 0.370 e. The summed E-state index contributed by atoms with van der Waals surface area (Å²) in [5, 5.41) is 6.11. The number of anilines is 1. The molecule has 1 aromatic heterocycles. The summed E-state index contributed by atoms with van der Waals surface area (Å²) in [5.74, 6) is 1.23. The smallest absolute Gasteiger partial charge is 0.269 e. The Hall–Kier alpha value is -1.62. The Morgan fingerprint density at radius 2 is 2.30 bits per heavy atom. The van der Waals surface area contributed by atoms with E-state index in [4.69, 9.17) is 0 Å². The van der Waals surface area contributed by atoms with Gasteiger partial charge in [-0.3, -0.25) is 4.79 Å². The van der Waals surface area contributed by atoms with Crippen molar-refractivity contribution >= 4 is 11.7 Å². The number of likely N-dealkylation sites (tertiary alicyclic amines) is 1. The lowest BCUT2D eigenvalue weighted by molar-refractivity contribution is 0.0942. The van der Waals surface area contributed by atoms with Crippen LogP contribution in [0.15, 0.2) is 18.2 Å². The maximum absolute atomic E-state index is 12.1. The summed E-state index contributed by atoms with van der Waals surface area (Å²) in [6.45, 7) is 9.05. The zero-order chi connectivity index (χ0) is 14.4. The molecule has 0 aromatic carbocycles. The number of carbonyl (C=O) groups excluding carboxylic acids is 1. The van der Waals surface area contributed by atoms with Crippen molar-refractivity contribution in [3.05, 3.63) is 23.9 Å². The van der Waals surface area contributed by atoms with Crippen LogP contribution < -0.4 is 10.6 Å². The number of amides is 1. The lowest BCUT2D eigenvalue weighted by Crippen LogP contribution is -2.31. The van der Waals surface area contributed by atoms with E-state index in [0.717, 1.165) is 38.5 Å². The van der Waals surface area contributed by atoms with Crippen molar-refractivity contribution in [2.45, 2.75) is 20.3 Å². The molecular formula is C15H24N4O. The first-order valence-corrected chi connectivity index (χ1v) is 7.44. The Morgan fingerprint density at radius 3 is 3.00 bits per heavy atom. The van der Waals surface area contributed by atoms with Crippen LogP contribution in [0.1, 0.15) is 30.8 Å². The molecular weight excluding hydrogens is 252 g/mol. The third-order valence-electron chi connectivity index (χ3n) is 3.71. The van der Waals surface area contributed by atoms with E-state index in [0.29, 0.717) is 11.6 Å². The molecule has 1 aliphatic heterocycles. The zero-order valence-corrected chi connectivity index (χ0v) is 12.4. The highest BCUT2D eigenvalue weighted by molar-refractivity contribution is 5.92. The monoisotopic (exact) mass is 276 g/mol. The third kappa shape index (κ3) is 3.93. The number of nitrogens with one attached hydrogen (secondary N) is 2. The molecule has 1 aromatic rings. The van der Waals surface area contributed by atoms with Crippen molar-refractivity contribution in [3.8, 4) is 0 Å². The molecule has 2 heterocycles. The van der Waals surface area contributed by atoms with Crippen LogP contribution in [0.4, 0.5) is 5.82 Å². The molecule has 5 nitrogen and oxygen atoms in total. The molecule has 20 heavy (non-hydrogen) atoms. The van der Waals surface area contributed by atoms with E-state index in [9.17, 15) is 4.79 Å². The van der Waals surface area contributed by atoms with E-state index in [-0.39, 0.29) is 5.91 Å². The Morgan fingerprint density at radius 1 is 1.45 bits per heavy atom. The lowest BCUT2D eigenvalue weighted by atomic mass is 10.1. The van der Waals surface area contributed by atoms with Gasteiger partial charge in [-0.15, -0.1) is 0 Å². The molecule has 2 rings (SSSR count). The van der Waals surface area contributed by atoms with Crippen molar-refractivity contribution in [3.63, 3.8) is 0 Å². The summed E-state index contributed by atoms with van der Waals surface area (Å²) in [6.07, 6.45) is 1.17. The minimum absolute atomic E-state index is 0.0836. The summed E-state index contributed by atoms with van der Waals surface area (Å²) in [4.78, 5) is 18.8. The first kappa shape index (κ1) is 14.8. The molecule has 0 radical (unpaired) electrons. The molecule has 1 amide bonds. The topological polar surface area (TPSA) is 57.3 Å². The maximum Gasteiger partial charge on any atom is 0.269 e. The van der Waals surface area contributed by atoms with E-state index >= 15 is 0 Å². The van der Waals surface area contributed by atoms with E-state index in [2.05, 4.69) is 27.4 Å². The molecule has 0 saturated carbocycles. The highest BCUT2D eigenvalue weighted by Crippen LogP contribution is 2.14. The molecule has 0 aliphatic carbocycles. The Kier molecular flexibility index (Phi) is 5.35. The Bertz CT molecular complexity index is 449. The van der Waals surface area contributed by atoms with Gasteiger partial charge in [-0.25, -0.2) is 4.98 Å². The van der Waals surface area contributed by atoms with Gasteiger partial charge in [0, 0.05) is 19.6 Å².